The summed E-state index contributed by atoms with van der Waals surface area (Å²) in [5.41, 5.74) is 0. The average Bonchev–Trinajstić information content (AvgIpc) is 3.09. The molecule has 0 amide bonds. The summed E-state index contributed by atoms with van der Waals surface area (Å²) in [7, 11) is 0. The van der Waals surface area contributed by atoms with E-state index in [2.05, 4.69) is 98.9 Å². The fraction of sp³-hybridized carbons (Fsp3) is 0.581. The van der Waals surface area contributed by atoms with Gasteiger partial charge >= 0.3 is 11.9 Å². The number of aliphatic hydroxyl groups is 1. The van der Waals surface area contributed by atoms with Crippen LogP contribution in [0.5, 0.6) is 0 Å². The lowest BCUT2D eigenvalue weighted by molar-refractivity contribution is -0.161. The first-order chi connectivity index (χ1) is 23.6. The van der Waals surface area contributed by atoms with Crippen molar-refractivity contribution in [3.05, 3.63) is 97.2 Å². The summed E-state index contributed by atoms with van der Waals surface area (Å²) in [4.78, 5) is 24.2. The van der Waals surface area contributed by atoms with Gasteiger partial charge in [0.05, 0.1) is 6.61 Å². The minimum Gasteiger partial charge on any atom is -0.462 e. The van der Waals surface area contributed by atoms with Crippen molar-refractivity contribution in [3.63, 3.8) is 0 Å². The number of ether oxygens (including phenoxy) is 2. The third-order valence-corrected chi connectivity index (χ3v) is 7.38. The molecule has 0 saturated carbocycles. The van der Waals surface area contributed by atoms with Gasteiger partial charge < -0.3 is 14.6 Å². The van der Waals surface area contributed by atoms with E-state index in [9.17, 15) is 14.7 Å². The summed E-state index contributed by atoms with van der Waals surface area (Å²) in [6.45, 7) is 3.89. The van der Waals surface area contributed by atoms with Crippen molar-refractivity contribution < 1.29 is 24.2 Å². The van der Waals surface area contributed by atoms with Crippen LogP contribution in [0.25, 0.3) is 0 Å². The molecule has 1 atom stereocenters. The van der Waals surface area contributed by atoms with Gasteiger partial charge in [-0.25, -0.2) is 0 Å². The third kappa shape index (κ3) is 35.7. The highest BCUT2D eigenvalue weighted by Crippen LogP contribution is 2.10. The Labute approximate surface area is 294 Å². The zero-order valence-electron chi connectivity index (χ0n) is 30.5. The molecule has 270 valence electrons. The van der Waals surface area contributed by atoms with Gasteiger partial charge in [-0.05, 0) is 83.5 Å². The Morgan fingerprint density at radius 3 is 1.44 bits per heavy atom. The smallest absolute Gasteiger partial charge is 0.306 e. The van der Waals surface area contributed by atoms with E-state index in [0.29, 0.717) is 12.8 Å². The molecular weight excluding hydrogens is 596 g/mol. The summed E-state index contributed by atoms with van der Waals surface area (Å²) >= 11 is 0. The van der Waals surface area contributed by atoms with Crippen molar-refractivity contribution in [1.82, 2.24) is 0 Å². The molecule has 0 aliphatic heterocycles. The molecular formula is C43H68O5. The Balaban J connectivity index is 3.77. The molecule has 0 unspecified atom stereocenters. The number of rotatable bonds is 32. The number of hydrogen-bond acceptors (Lipinski definition) is 5. The molecule has 0 fully saturated rings. The van der Waals surface area contributed by atoms with Crippen LogP contribution < -0.4 is 0 Å². The molecule has 0 bridgehead atoms. The van der Waals surface area contributed by atoms with E-state index in [1.807, 2.05) is 12.2 Å². The summed E-state index contributed by atoms with van der Waals surface area (Å²) in [5, 5.41) is 9.53. The van der Waals surface area contributed by atoms with Crippen LogP contribution in [0.3, 0.4) is 0 Å². The number of carbonyl (C=O) groups is 2. The van der Waals surface area contributed by atoms with Crippen molar-refractivity contribution in [3.8, 4) is 0 Å². The first kappa shape index (κ1) is 44.8. The maximum absolute atomic E-state index is 12.1. The van der Waals surface area contributed by atoms with Crippen molar-refractivity contribution in [2.75, 3.05) is 13.2 Å². The van der Waals surface area contributed by atoms with Crippen molar-refractivity contribution >= 4 is 11.9 Å². The fourth-order valence-corrected chi connectivity index (χ4v) is 4.55. The quantitative estimate of drug-likeness (QED) is 0.0440. The van der Waals surface area contributed by atoms with Crippen LogP contribution in [-0.4, -0.2) is 36.4 Å². The van der Waals surface area contributed by atoms with Gasteiger partial charge in [0, 0.05) is 12.8 Å². The second-order valence-electron chi connectivity index (χ2n) is 11.9. The number of esters is 2. The molecule has 0 aromatic rings. The fourth-order valence-electron chi connectivity index (χ4n) is 4.55. The normalized spacial score (nSPS) is 13.3. The lowest BCUT2D eigenvalue weighted by Crippen LogP contribution is -2.28. The van der Waals surface area contributed by atoms with E-state index in [4.69, 9.17) is 9.47 Å². The van der Waals surface area contributed by atoms with E-state index in [1.54, 1.807) is 0 Å². The second kappa shape index (κ2) is 38.3. The average molecular weight is 665 g/mol. The number of allylic oxidation sites excluding steroid dienone is 16. The van der Waals surface area contributed by atoms with Gasteiger partial charge in [-0.15, -0.1) is 0 Å². The predicted molar refractivity (Wildman–Crippen MR) is 205 cm³/mol. The van der Waals surface area contributed by atoms with Crippen LogP contribution in [0.15, 0.2) is 97.2 Å². The highest BCUT2D eigenvalue weighted by Gasteiger charge is 2.15. The van der Waals surface area contributed by atoms with Crippen LogP contribution in [0.4, 0.5) is 0 Å². The largest absolute Gasteiger partial charge is 0.462 e. The van der Waals surface area contributed by atoms with Gasteiger partial charge in [0.1, 0.15) is 6.61 Å². The summed E-state index contributed by atoms with van der Waals surface area (Å²) in [6, 6.07) is 0. The highest BCUT2D eigenvalue weighted by molar-refractivity contribution is 5.70. The molecule has 48 heavy (non-hydrogen) atoms. The van der Waals surface area contributed by atoms with E-state index < -0.39 is 6.10 Å². The number of carbonyl (C=O) groups excluding carboxylic acids is 2. The Hall–Kier alpha value is -3.18. The Morgan fingerprint density at radius 2 is 0.938 bits per heavy atom. The number of aliphatic hydroxyl groups excluding tert-OH is 1. The molecule has 0 aromatic heterocycles. The van der Waals surface area contributed by atoms with Gasteiger partial charge in [-0.3, -0.25) is 9.59 Å². The lowest BCUT2D eigenvalue weighted by Gasteiger charge is -2.15. The highest BCUT2D eigenvalue weighted by atomic mass is 16.6. The molecule has 0 rings (SSSR count). The predicted octanol–water partition coefficient (Wildman–Crippen LogP) is 11.7. The number of hydrogen-bond donors (Lipinski definition) is 1. The molecule has 0 aliphatic carbocycles. The molecule has 0 aliphatic rings. The summed E-state index contributed by atoms with van der Waals surface area (Å²) in [5.74, 6) is -0.716. The molecule has 0 saturated heterocycles. The van der Waals surface area contributed by atoms with Gasteiger partial charge in [0.15, 0.2) is 6.10 Å². The van der Waals surface area contributed by atoms with Gasteiger partial charge in [0.25, 0.3) is 0 Å². The molecule has 0 radical (unpaired) electrons. The molecule has 5 nitrogen and oxygen atoms in total. The van der Waals surface area contributed by atoms with E-state index in [0.717, 1.165) is 77.0 Å². The molecule has 5 heteroatoms. The maximum Gasteiger partial charge on any atom is 0.306 e. The van der Waals surface area contributed by atoms with E-state index >= 15 is 0 Å². The summed E-state index contributed by atoms with van der Waals surface area (Å²) in [6.07, 6.45) is 53.3. The number of unbranched alkanes of at least 4 members (excludes halogenated alkanes) is 8. The third-order valence-electron chi connectivity index (χ3n) is 7.38. The Morgan fingerprint density at radius 1 is 0.500 bits per heavy atom. The first-order valence-corrected chi connectivity index (χ1v) is 18.8. The van der Waals surface area contributed by atoms with Crippen LogP contribution in [0, 0.1) is 0 Å². The minimum absolute atomic E-state index is 0.118. The van der Waals surface area contributed by atoms with Crippen LogP contribution >= 0.6 is 0 Å². The SMILES string of the molecule is CC/C=C/C/C=C/C/C=C/C/C=C/C/C=C/C/C=C/CCC(=O)OC[C@H](CO)OC(=O)CCCCCCC/C=C/C/C=C/CCCCC. The van der Waals surface area contributed by atoms with Crippen molar-refractivity contribution in [1.29, 1.82) is 0 Å². The van der Waals surface area contributed by atoms with Gasteiger partial charge in [-0.1, -0.05) is 143 Å². The van der Waals surface area contributed by atoms with Gasteiger partial charge in [-0.2, -0.15) is 0 Å². The zero-order valence-corrected chi connectivity index (χ0v) is 30.5. The van der Waals surface area contributed by atoms with Gasteiger partial charge in [0.2, 0.25) is 0 Å². The van der Waals surface area contributed by atoms with Crippen molar-refractivity contribution in [2.45, 2.75) is 148 Å². The molecule has 0 heterocycles. The minimum atomic E-state index is -0.815. The Bertz CT molecular complexity index is 979. The van der Waals surface area contributed by atoms with Crippen LogP contribution in [-0.2, 0) is 19.1 Å². The lowest BCUT2D eigenvalue weighted by atomic mass is 10.1. The van der Waals surface area contributed by atoms with Crippen LogP contribution in [0.1, 0.15) is 142 Å². The van der Waals surface area contributed by atoms with Crippen molar-refractivity contribution in [2.24, 2.45) is 0 Å². The topological polar surface area (TPSA) is 72.8 Å². The molecule has 1 N–H and O–H groups in total. The standard InChI is InChI=1S/C43H68O5/c1-3-5-7-9-11-13-15-17-19-20-21-22-24-25-27-29-31-33-35-37-42(45)47-40-41(39-44)48-43(46)38-36-34-32-30-28-26-23-18-16-14-12-10-8-6-4-2/h5,7,11-14,17-19,21-23,25,27,31,33,41,44H,3-4,6,8-10,15-16,20,24,26,28-30,32,34-40H2,1-2H3/b7-5+,13-11+,14-12+,19-17+,22-21+,23-18+,27-25+,33-31+/t41-/m0/s1. The monoisotopic (exact) mass is 665 g/mol. The summed E-state index contributed by atoms with van der Waals surface area (Å²) < 4.78 is 10.5. The van der Waals surface area contributed by atoms with Crippen LogP contribution in [0.2, 0.25) is 0 Å². The maximum atomic E-state index is 12.1. The Kier molecular flexibility index (Phi) is 35.7. The van der Waals surface area contributed by atoms with E-state index in [-0.39, 0.29) is 31.6 Å². The zero-order chi connectivity index (χ0) is 35.0. The molecule has 0 aromatic carbocycles. The van der Waals surface area contributed by atoms with E-state index in [1.165, 1.54) is 32.1 Å². The molecule has 0 spiro atoms. The first-order valence-electron chi connectivity index (χ1n) is 18.8. The second-order valence-corrected chi connectivity index (χ2v) is 11.9.